The number of anilines is 1. The Hall–Kier alpha value is -2.73. The van der Waals surface area contributed by atoms with Crippen molar-refractivity contribution in [3.05, 3.63) is 59.9 Å². The highest BCUT2D eigenvalue weighted by Crippen LogP contribution is 2.21. The number of hydrogen-bond acceptors (Lipinski definition) is 5. The zero-order valence-electron chi connectivity index (χ0n) is 15.6. The van der Waals surface area contributed by atoms with Crippen LogP contribution in [0.2, 0.25) is 0 Å². The molecule has 1 aromatic heterocycles. The van der Waals surface area contributed by atoms with Crippen LogP contribution in [0, 0.1) is 13.8 Å². The minimum atomic E-state index is 0.513. The molecule has 0 aliphatic carbocycles. The molecule has 1 aliphatic heterocycles. The van der Waals surface area contributed by atoms with E-state index in [4.69, 9.17) is 17.0 Å². The molecule has 5 nitrogen and oxygen atoms in total. The first-order valence-electron chi connectivity index (χ1n) is 9.12. The van der Waals surface area contributed by atoms with Crippen LogP contribution in [0.5, 0.6) is 5.75 Å². The molecule has 0 atom stereocenters. The second-order valence-electron chi connectivity index (χ2n) is 6.72. The van der Waals surface area contributed by atoms with Crippen molar-refractivity contribution in [2.45, 2.75) is 13.8 Å². The number of aromatic nitrogens is 2. The van der Waals surface area contributed by atoms with Crippen LogP contribution >= 0.6 is 12.2 Å². The van der Waals surface area contributed by atoms with Gasteiger partial charge in [-0.05, 0) is 50.3 Å². The molecule has 3 aromatic rings. The van der Waals surface area contributed by atoms with Crippen molar-refractivity contribution < 1.29 is 4.74 Å². The van der Waals surface area contributed by atoms with Gasteiger partial charge in [0.1, 0.15) is 5.75 Å². The average Bonchev–Trinajstić information content (AvgIpc) is 2.70. The lowest BCUT2D eigenvalue weighted by Crippen LogP contribution is -2.49. The maximum absolute atomic E-state index is 5.94. The van der Waals surface area contributed by atoms with E-state index in [1.807, 2.05) is 38.1 Å². The molecule has 0 radical (unpaired) electrons. The Bertz CT molecular complexity index is 969. The van der Waals surface area contributed by atoms with Crippen LogP contribution in [0.25, 0.3) is 11.0 Å². The Morgan fingerprint density at radius 3 is 2.26 bits per heavy atom. The second-order valence-corrected chi connectivity index (χ2v) is 7.07. The lowest BCUT2D eigenvalue weighted by atomic mass is 10.2. The normalized spacial score (nSPS) is 14.4. The largest absolute Gasteiger partial charge is 0.432 e. The van der Waals surface area contributed by atoms with Gasteiger partial charge in [0.05, 0.1) is 22.4 Å². The molecule has 27 heavy (non-hydrogen) atoms. The molecular formula is C21H22N4OS. The van der Waals surface area contributed by atoms with Crippen LogP contribution in [0.1, 0.15) is 11.4 Å². The molecule has 138 valence electrons. The van der Waals surface area contributed by atoms with Gasteiger partial charge in [-0.15, -0.1) is 0 Å². The van der Waals surface area contributed by atoms with Crippen LogP contribution in [0.4, 0.5) is 5.69 Å². The van der Waals surface area contributed by atoms with Crippen molar-refractivity contribution in [1.29, 1.82) is 0 Å². The van der Waals surface area contributed by atoms with E-state index < -0.39 is 0 Å². The highest BCUT2D eigenvalue weighted by molar-refractivity contribution is 7.80. The Kier molecular flexibility index (Phi) is 4.90. The molecule has 0 amide bonds. The van der Waals surface area contributed by atoms with Gasteiger partial charge in [-0.2, -0.15) is 0 Å². The Morgan fingerprint density at radius 1 is 0.889 bits per heavy atom. The fraction of sp³-hybridized carbons (Fsp3) is 0.286. The molecule has 0 N–H and O–H groups in total. The summed E-state index contributed by atoms with van der Waals surface area (Å²) in [4.78, 5) is 13.6. The molecule has 0 unspecified atom stereocenters. The first-order valence-corrected chi connectivity index (χ1v) is 9.53. The van der Waals surface area contributed by atoms with Crippen molar-refractivity contribution in [1.82, 2.24) is 14.9 Å². The van der Waals surface area contributed by atoms with Gasteiger partial charge in [0, 0.05) is 37.9 Å². The zero-order valence-corrected chi connectivity index (χ0v) is 16.4. The number of thiocarbonyl (C=S) groups is 1. The van der Waals surface area contributed by atoms with Gasteiger partial charge in [0.25, 0.3) is 5.17 Å². The van der Waals surface area contributed by atoms with Crippen LogP contribution in [-0.2, 0) is 0 Å². The smallest absolute Gasteiger partial charge is 0.264 e. The number of hydrogen-bond donors (Lipinski definition) is 0. The number of ether oxygens (including phenoxy) is 1. The first kappa shape index (κ1) is 17.7. The third-order valence-corrected chi connectivity index (χ3v) is 5.25. The average molecular weight is 379 g/mol. The molecule has 2 heterocycles. The minimum absolute atomic E-state index is 0.513. The molecule has 1 aliphatic rings. The van der Waals surface area contributed by atoms with Gasteiger partial charge in [-0.25, -0.2) is 9.97 Å². The maximum Gasteiger partial charge on any atom is 0.264 e. The van der Waals surface area contributed by atoms with E-state index >= 15 is 0 Å². The van der Waals surface area contributed by atoms with Gasteiger partial charge in [0.2, 0.25) is 0 Å². The molecule has 1 saturated heterocycles. The van der Waals surface area contributed by atoms with Crippen LogP contribution in [0.3, 0.4) is 0 Å². The maximum atomic E-state index is 5.94. The van der Waals surface area contributed by atoms with E-state index in [0.29, 0.717) is 10.9 Å². The predicted octanol–water partition coefficient (Wildman–Crippen LogP) is 3.73. The summed E-state index contributed by atoms with van der Waals surface area (Å²) in [6.45, 7) is 7.48. The summed E-state index contributed by atoms with van der Waals surface area (Å²) in [5.41, 5.74) is 4.82. The number of piperazine rings is 1. The van der Waals surface area contributed by atoms with E-state index in [1.165, 1.54) is 5.69 Å². The molecule has 6 heteroatoms. The highest BCUT2D eigenvalue weighted by atomic mass is 32.1. The molecule has 0 spiro atoms. The highest BCUT2D eigenvalue weighted by Gasteiger charge is 2.20. The van der Waals surface area contributed by atoms with Crippen molar-refractivity contribution in [2.75, 3.05) is 31.1 Å². The van der Waals surface area contributed by atoms with Crippen LogP contribution < -0.4 is 9.64 Å². The van der Waals surface area contributed by atoms with Crippen molar-refractivity contribution in [3.8, 4) is 5.75 Å². The van der Waals surface area contributed by atoms with E-state index in [9.17, 15) is 0 Å². The SMILES string of the molecule is Cc1nc2ccc(OC(=S)N3CCN(c4ccccc4)CC3)cc2nc1C. The lowest BCUT2D eigenvalue weighted by molar-refractivity contribution is 0.332. The number of para-hydroxylation sites is 1. The van der Waals surface area contributed by atoms with Crippen LogP contribution in [-0.4, -0.2) is 46.2 Å². The van der Waals surface area contributed by atoms with E-state index in [2.05, 4.69) is 44.0 Å². The lowest BCUT2D eigenvalue weighted by Gasteiger charge is -2.36. The topological polar surface area (TPSA) is 41.5 Å². The van der Waals surface area contributed by atoms with Gasteiger partial charge in [0.15, 0.2) is 0 Å². The third kappa shape index (κ3) is 3.85. The number of rotatable bonds is 2. The van der Waals surface area contributed by atoms with E-state index in [1.54, 1.807) is 0 Å². The number of benzene rings is 2. The Morgan fingerprint density at radius 2 is 1.56 bits per heavy atom. The van der Waals surface area contributed by atoms with Crippen LogP contribution in [0.15, 0.2) is 48.5 Å². The standard InChI is InChI=1S/C21H22N4OS/c1-15-16(2)23-20-14-18(8-9-19(20)22-15)26-21(27)25-12-10-24(11-13-25)17-6-4-3-5-7-17/h3-9,14H,10-13H2,1-2H3. The first-order chi connectivity index (χ1) is 13.1. The monoisotopic (exact) mass is 378 g/mol. The summed E-state index contributed by atoms with van der Waals surface area (Å²) >= 11 is 5.53. The fourth-order valence-corrected chi connectivity index (χ4v) is 3.50. The zero-order chi connectivity index (χ0) is 18.8. The van der Waals surface area contributed by atoms with Gasteiger partial charge >= 0.3 is 0 Å². The third-order valence-electron chi connectivity index (χ3n) is 4.91. The van der Waals surface area contributed by atoms with Crippen molar-refractivity contribution in [3.63, 3.8) is 0 Å². The quantitative estimate of drug-likeness (QED) is 0.633. The number of fused-ring (bicyclic) bond motifs is 1. The van der Waals surface area contributed by atoms with Gasteiger partial charge in [-0.1, -0.05) is 18.2 Å². The van der Waals surface area contributed by atoms with E-state index in [0.717, 1.165) is 48.6 Å². The number of aryl methyl sites for hydroxylation is 2. The molecule has 0 saturated carbocycles. The summed E-state index contributed by atoms with van der Waals surface area (Å²) in [6, 6.07) is 16.2. The van der Waals surface area contributed by atoms with Gasteiger partial charge < -0.3 is 14.5 Å². The summed E-state index contributed by atoms with van der Waals surface area (Å²) < 4.78 is 5.94. The number of nitrogens with zero attached hydrogens (tertiary/aromatic N) is 4. The predicted molar refractivity (Wildman–Crippen MR) is 112 cm³/mol. The van der Waals surface area contributed by atoms with Crippen molar-refractivity contribution >= 4 is 34.1 Å². The Labute approximate surface area is 164 Å². The van der Waals surface area contributed by atoms with Crippen molar-refractivity contribution in [2.24, 2.45) is 0 Å². The summed E-state index contributed by atoms with van der Waals surface area (Å²) in [7, 11) is 0. The molecule has 4 rings (SSSR count). The Balaban J connectivity index is 1.41. The molecular weight excluding hydrogens is 356 g/mol. The summed E-state index contributed by atoms with van der Waals surface area (Å²) in [6.07, 6.45) is 0. The fourth-order valence-electron chi connectivity index (χ4n) is 3.23. The molecule has 0 bridgehead atoms. The summed E-state index contributed by atoms with van der Waals surface area (Å²) in [5, 5.41) is 0.513. The second kappa shape index (κ2) is 7.48. The molecule has 2 aromatic carbocycles. The van der Waals surface area contributed by atoms with E-state index in [-0.39, 0.29) is 0 Å². The molecule has 1 fully saturated rings. The minimum Gasteiger partial charge on any atom is -0.432 e. The van der Waals surface area contributed by atoms with Gasteiger partial charge in [-0.3, -0.25) is 0 Å². The summed E-state index contributed by atoms with van der Waals surface area (Å²) in [5.74, 6) is 0.704.